The first-order valence-corrected chi connectivity index (χ1v) is 6.65. The molecule has 0 unspecified atom stereocenters. The van der Waals surface area contributed by atoms with E-state index in [0.29, 0.717) is 17.9 Å². The lowest BCUT2D eigenvalue weighted by Gasteiger charge is -2.12. The van der Waals surface area contributed by atoms with Crippen LogP contribution < -0.4 is 10.1 Å². The fourth-order valence-electron chi connectivity index (χ4n) is 2.20. The highest BCUT2D eigenvalue weighted by Crippen LogP contribution is 2.30. The van der Waals surface area contributed by atoms with Crippen LogP contribution in [0.3, 0.4) is 0 Å². The van der Waals surface area contributed by atoms with Crippen LogP contribution in [0.2, 0.25) is 0 Å². The number of carbonyl (C=O) groups excluding carboxylic acids is 1. The molecule has 1 fully saturated rings. The van der Waals surface area contributed by atoms with E-state index in [1.54, 1.807) is 18.2 Å². The van der Waals surface area contributed by atoms with Crippen molar-refractivity contribution in [2.45, 2.75) is 12.6 Å². The molecule has 116 valence electrons. The highest BCUT2D eigenvalue weighted by molar-refractivity contribution is 5.85. The molecule has 1 atom stereocenters. The second-order valence-electron chi connectivity index (χ2n) is 4.79. The molecule has 0 spiro atoms. The minimum absolute atomic E-state index is 0. The minimum Gasteiger partial charge on any atom is -0.507 e. The normalized spacial score (nSPS) is 16.4. The average molecular weight is 322 g/mol. The Morgan fingerprint density at radius 3 is 2.64 bits per heavy atom. The van der Waals surface area contributed by atoms with Crippen molar-refractivity contribution >= 4 is 18.5 Å². The Kier molecular flexibility index (Phi) is 5.12. The number of ether oxygens (including phenoxy) is 2. The summed E-state index contributed by atoms with van der Waals surface area (Å²) in [5.74, 6) is 0.654. The van der Waals surface area contributed by atoms with E-state index in [0.717, 1.165) is 5.56 Å². The molecule has 2 aromatic carbocycles. The number of phenolic OH excluding ortho intramolecular Hbond substituents is 1. The zero-order chi connectivity index (χ0) is 14.7. The first-order valence-electron chi connectivity index (χ1n) is 6.65. The quantitative estimate of drug-likeness (QED) is 0.907. The van der Waals surface area contributed by atoms with Gasteiger partial charge in [-0.25, -0.2) is 4.79 Å². The first-order chi connectivity index (χ1) is 10.2. The van der Waals surface area contributed by atoms with Crippen LogP contribution in [0, 0.1) is 0 Å². The molecule has 2 aromatic rings. The Balaban J connectivity index is 0.00000176. The molecule has 0 aromatic heterocycles. The number of aromatic hydroxyl groups is 1. The molecule has 0 saturated carbocycles. The number of nitrogens with one attached hydrogen (secondary N) is 1. The Hall–Kier alpha value is -2.40. The number of phenols is 1. The monoisotopic (exact) mass is 321 g/mol. The van der Waals surface area contributed by atoms with Gasteiger partial charge in [-0.1, -0.05) is 30.3 Å². The Morgan fingerprint density at radius 1 is 1.23 bits per heavy atom. The topological polar surface area (TPSA) is 67.8 Å². The van der Waals surface area contributed by atoms with Crippen molar-refractivity contribution < 1.29 is 19.4 Å². The van der Waals surface area contributed by atoms with Crippen LogP contribution in [0.5, 0.6) is 11.5 Å². The summed E-state index contributed by atoms with van der Waals surface area (Å²) >= 11 is 0. The standard InChI is InChI=1S/C16H15NO4.ClH/c18-15-8-12(20-9-11-4-2-1-3-5-11)6-7-13(15)14-10-21-16(19)17-14;/h1-8,14,18H,9-10H2,(H,17,19);1H/t14-;/m0./s1. The summed E-state index contributed by atoms with van der Waals surface area (Å²) in [5, 5.41) is 12.7. The summed E-state index contributed by atoms with van der Waals surface area (Å²) in [5.41, 5.74) is 1.67. The van der Waals surface area contributed by atoms with Crippen LogP contribution in [0.15, 0.2) is 48.5 Å². The van der Waals surface area contributed by atoms with Crippen molar-refractivity contribution in [1.82, 2.24) is 5.32 Å². The van der Waals surface area contributed by atoms with E-state index < -0.39 is 6.09 Å². The van der Waals surface area contributed by atoms with Crippen LogP contribution >= 0.6 is 12.4 Å². The number of cyclic esters (lactones) is 1. The fourth-order valence-corrected chi connectivity index (χ4v) is 2.20. The van der Waals surface area contributed by atoms with Gasteiger partial charge in [-0.15, -0.1) is 12.4 Å². The predicted molar refractivity (Wildman–Crippen MR) is 83.4 cm³/mol. The molecule has 0 radical (unpaired) electrons. The van der Waals surface area contributed by atoms with E-state index >= 15 is 0 Å². The maximum atomic E-state index is 11.0. The largest absolute Gasteiger partial charge is 0.507 e. The summed E-state index contributed by atoms with van der Waals surface area (Å²) < 4.78 is 10.5. The van der Waals surface area contributed by atoms with Crippen LogP contribution in [-0.4, -0.2) is 17.8 Å². The van der Waals surface area contributed by atoms with Crippen LogP contribution in [0.25, 0.3) is 0 Å². The van der Waals surface area contributed by atoms with Gasteiger partial charge in [0.15, 0.2) is 0 Å². The molecule has 0 bridgehead atoms. The molecule has 1 saturated heterocycles. The molecule has 0 aliphatic carbocycles. The van der Waals surface area contributed by atoms with E-state index in [-0.39, 0.29) is 30.8 Å². The summed E-state index contributed by atoms with van der Waals surface area (Å²) in [7, 11) is 0. The number of carbonyl (C=O) groups is 1. The Bertz CT molecular complexity index is 648. The van der Waals surface area contributed by atoms with Gasteiger partial charge in [0.2, 0.25) is 0 Å². The van der Waals surface area contributed by atoms with Crippen molar-refractivity contribution in [2.24, 2.45) is 0 Å². The fraction of sp³-hybridized carbons (Fsp3) is 0.188. The molecule has 1 aliphatic rings. The smallest absolute Gasteiger partial charge is 0.407 e. The molecule has 6 heteroatoms. The van der Waals surface area contributed by atoms with Crippen molar-refractivity contribution in [3.8, 4) is 11.5 Å². The van der Waals surface area contributed by atoms with Gasteiger partial charge in [0.05, 0.1) is 6.04 Å². The van der Waals surface area contributed by atoms with Gasteiger partial charge in [-0.3, -0.25) is 0 Å². The van der Waals surface area contributed by atoms with E-state index in [1.807, 2.05) is 30.3 Å². The second kappa shape index (κ2) is 7.04. The Morgan fingerprint density at radius 2 is 2.00 bits per heavy atom. The molecule has 22 heavy (non-hydrogen) atoms. The van der Waals surface area contributed by atoms with E-state index in [2.05, 4.69) is 5.32 Å². The molecule has 3 rings (SSSR count). The molecule has 1 aliphatic heterocycles. The maximum Gasteiger partial charge on any atom is 0.407 e. The van der Waals surface area contributed by atoms with Gasteiger partial charge < -0.3 is 19.9 Å². The van der Waals surface area contributed by atoms with E-state index in [1.165, 1.54) is 0 Å². The van der Waals surface area contributed by atoms with Crippen molar-refractivity contribution in [3.63, 3.8) is 0 Å². The molecule has 1 heterocycles. The molecular weight excluding hydrogens is 306 g/mol. The highest BCUT2D eigenvalue weighted by Gasteiger charge is 2.26. The minimum atomic E-state index is -0.469. The third-order valence-corrected chi connectivity index (χ3v) is 3.30. The van der Waals surface area contributed by atoms with Crippen LogP contribution in [0.1, 0.15) is 17.2 Å². The Labute approximate surface area is 134 Å². The number of amides is 1. The van der Waals surface area contributed by atoms with Crippen molar-refractivity contribution in [3.05, 3.63) is 59.7 Å². The van der Waals surface area contributed by atoms with Gasteiger partial charge >= 0.3 is 6.09 Å². The summed E-state index contributed by atoms with van der Waals surface area (Å²) in [4.78, 5) is 11.0. The van der Waals surface area contributed by atoms with E-state index in [4.69, 9.17) is 9.47 Å². The molecular formula is C16H16ClNO4. The number of alkyl carbamates (subject to hydrolysis) is 1. The summed E-state index contributed by atoms with van der Waals surface area (Å²) in [6.45, 7) is 0.652. The van der Waals surface area contributed by atoms with Gasteiger partial charge in [-0.05, 0) is 17.7 Å². The number of benzene rings is 2. The third kappa shape index (κ3) is 3.62. The van der Waals surface area contributed by atoms with Crippen LogP contribution in [0.4, 0.5) is 4.79 Å². The highest BCUT2D eigenvalue weighted by atomic mass is 35.5. The van der Waals surface area contributed by atoms with Crippen LogP contribution in [-0.2, 0) is 11.3 Å². The second-order valence-corrected chi connectivity index (χ2v) is 4.79. The number of rotatable bonds is 4. The number of halogens is 1. The lowest BCUT2D eigenvalue weighted by molar-refractivity contribution is 0.176. The lowest BCUT2D eigenvalue weighted by atomic mass is 10.1. The first kappa shape index (κ1) is 16.0. The maximum absolute atomic E-state index is 11.0. The number of hydrogen-bond acceptors (Lipinski definition) is 4. The van der Waals surface area contributed by atoms with Crippen molar-refractivity contribution in [1.29, 1.82) is 0 Å². The third-order valence-electron chi connectivity index (χ3n) is 3.30. The van der Waals surface area contributed by atoms with Gasteiger partial charge in [0, 0.05) is 11.6 Å². The predicted octanol–water partition coefficient (Wildman–Crippen LogP) is 3.17. The lowest BCUT2D eigenvalue weighted by Crippen LogP contribution is -2.18. The SMILES string of the molecule is Cl.O=C1N[C@H](c2ccc(OCc3ccccc3)cc2O)CO1. The van der Waals surface area contributed by atoms with Gasteiger partial charge in [-0.2, -0.15) is 0 Å². The average Bonchev–Trinajstić information content (AvgIpc) is 2.92. The molecule has 2 N–H and O–H groups in total. The van der Waals surface area contributed by atoms with Gasteiger partial charge in [0.25, 0.3) is 0 Å². The van der Waals surface area contributed by atoms with Gasteiger partial charge in [0.1, 0.15) is 24.7 Å². The summed E-state index contributed by atoms with van der Waals surface area (Å²) in [6, 6.07) is 14.5. The summed E-state index contributed by atoms with van der Waals surface area (Å²) in [6.07, 6.45) is -0.469. The number of hydrogen-bond donors (Lipinski definition) is 2. The van der Waals surface area contributed by atoms with Crippen molar-refractivity contribution in [2.75, 3.05) is 6.61 Å². The van der Waals surface area contributed by atoms with E-state index in [9.17, 15) is 9.90 Å². The molecule has 5 nitrogen and oxygen atoms in total. The zero-order valence-corrected chi connectivity index (χ0v) is 12.5. The zero-order valence-electron chi connectivity index (χ0n) is 11.7. The molecule has 1 amide bonds.